The van der Waals surface area contributed by atoms with Gasteiger partial charge in [-0.15, -0.1) is 0 Å². The molecule has 2 aromatic carbocycles. The van der Waals surface area contributed by atoms with Crippen molar-refractivity contribution in [3.8, 4) is 0 Å². The highest BCUT2D eigenvalue weighted by Gasteiger charge is 2.24. The van der Waals surface area contributed by atoms with Gasteiger partial charge in [-0.2, -0.15) is 0 Å². The minimum absolute atomic E-state index is 0.129. The summed E-state index contributed by atoms with van der Waals surface area (Å²) >= 11 is 0. The van der Waals surface area contributed by atoms with E-state index in [1.807, 2.05) is 28.8 Å². The third-order valence-corrected chi connectivity index (χ3v) is 6.06. The average molecular weight is 413 g/mol. The lowest BCUT2D eigenvalue weighted by Gasteiger charge is -2.19. The van der Waals surface area contributed by atoms with Crippen LogP contribution in [0, 0.1) is 5.82 Å². The molecular weight excluding hydrogens is 393 g/mol. The minimum atomic E-state index is -3.67. The fourth-order valence-electron chi connectivity index (χ4n) is 3.23. The summed E-state index contributed by atoms with van der Waals surface area (Å²) in [5, 5.41) is 0. The van der Waals surface area contributed by atoms with Crippen LogP contribution in [0.25, 0.3) is 11.0 Å². The molecule has 2 heterocycles. The predicted octanol–water partition coefficient (Wildman–Crippen LogP) is 2.62. The summed E-state index contributed by atoms with van der Waals surface area (Å²) in [5.41, 5.74) is 2.30. The molecule has 0 amide bonds. The first-order chi connectivity index (χ1) is 13.9. The zero-order valence-electron chi connectivity index (χ0n) is 15.7. The highest BCUT2D eigenvalue weighted by Crippen LogP contribution is 2.22. The van der Waals surface area contributed by atoms with Gasteiger partial charge in [0.25, 0.3) is 0 Å². The first kappa shape index (κ1) is 19.3. The molecule has 0 aliphatic heterocycles. The Balaban J connectivity index is 1.57. The van der Waals surface area contributed by atoms with Gasteiger partial charge in [-0.3, -0.25) is 0 Å². The molecule has 29 heavy (non-hydrogen) atoms. The lowest BCUT2D eigenvalue weighted by Crippen LogP contribution is -2.34. The van der Waals surface area contributed by atoms with Crippen LogP contribution in [-0.2, 0) is 23.6 Å². The van der Waals surface area contributed by atoms with Gasteiger partial charge in [-0.1, -0.05) is 24.3 Å². The summed E-state index contributed by atoms with van der Waals surface area (Å²) in [6.07, 6.45) is 4.96. The molecule has 0 spiro atoms. The number of aromatic nitrogens is 4. The van der Waals surface area contributed by atoms with Crippen molar-refractivity contribution in [3.63, 3.8) is 0 Å². The molecule has 0 bridgehead atoms. The molecule has 0 aliphatic rings. The Hall–Kier alpha value is -3.04. The van der Waals surface area contributed by atoms with Crippen LogP contribution in [0.3, 0.4) is 0 Å². The normalized spacial score (nSPS) is 13.0. The number of imidazole rings is 2. The summed E-state index contributed by atoms with van der Waals surface area (Å²) in [7, 11) is -1.89. The number of sulfonamides is 1. The van der Waals surface area contributed by atoms with Crippen molar-refractivity contribution in [2.75, 3.05) is 5.75 Å². The maximum Gasteiger partial charge on any atom is 0.214 e. The first-order valence-electron chi connectivity index (χ1n) is 9.05. The molecule has 1 N–H and O–H groups in total. The van der Waals surface area contributed by atoms with Crippen molar-refractivity contribution in [1.82, 2.24) is 23.8 Å². The first-order valence-corrected chi connectivity index (χ1v) is 10.7. The van der Waals surface area contributed by atoms with Crippen LogP contribution in [0.5, 0.6) is 0 Å². The zero-order valence-corrected chi connectivity index (χ0v) is 16.6. The Kier molecular flexibility index (Phi) is 5.16. The summed E-state index contributed by atoms with van der Waals surface area (Å²) < 4.78 is 45.3. The predicted molar refractivity (Wildman–Crippen MR) is 108 cm³/mol. The SMILES string of the molecule is Cn1ccnc1[C@@H](NS(=O)(=O)CCn1cnc2ccccc21)c1ccc(F)cc1. The number of aryl methyl sites for hydroxylation is 2. The third-order valence-electron chi connectivity index (χ3n) is 4.75. The molecule has 4 aromatic rings. The molecular formula is C20H20FN5O2S. The van der Waals surface area contributed by atoms with Crippen molar-refractivity contribution >= 4 is 21.1 Å². The Morgan fingerprint density at radius 1 is 1.10 bits per heavy atom. The largest absolute Gasteiger partial charge is 0.336 e. The Labute approximate surface area is 167 Å². The number of benzene rings is 2. The maximum atomic E-state index is 13.3. The number of para-hydroxylation sites is 2. The number of nitrogens with zero attached hydrogens (tertiary/aromatic N) is 4. The zero-order chi connectivity index (χ0) is 20.4. The van der Waals surface area contributed by atoms with Crippen molar-refractivity contribution in [3.05, 3.63) is 84.5 Å². The van der Waals surface area contributed by atoms with E-state index in [1.165, 1.54) is 12.1 Å². The van der Waals surface area contributed by atoms with E-state index < -0.39 is 16.1 Å². The van der Waals surface area contributed by atoms with E-state index in [0.717, 1.165) is 11.0 Å². The standard InChI is InChI=1S/C20H20FN5O2S/c1-25-11-10-22-20(25)19(15-6-8-16(21)9-7-15)24-29(27,28)13-12-26-14-23-17-4-2-3-5-18(17)26/h2-11,14,19,24H,12-13H2,1H3/t19-/m0/s1. The molecule has 0 radical (unpaired) electrons. The number of halogens is 1. The molecule has 150 valence electrons. The molecule has 4 rings (SSSR count). The smallest absolute Gasteiger partial charge is 0.214 e. The Morgan fingerprint density at radius 2 is 1.86 bits per heavy atom. The van der Waals surface area contributed by atoms with Crippen LogP contribution in [0.2, 0.25) is 0 Å². The highest BCUT2D eigenvalue weighted by atomic mass is 32.2. The van der Waals surface area contributed by atoms with Crippen molar-refractivity contribution in [1.29, 1.82) is 0 Å². The number of hydrogen-bond acceptors (Lipinski definition) is 4. The quantitative estimate of drug-likeness (QED) is 0.505. The van der Waals surface area contributed by atoms with Gasteiger partial charge in [-0.25, -0.2) is 27.5 Å². The molecule has 0 unspecified atom stereocenters. The summed E-state index contributed by atoms with van der Waals surface area (Å²) in [5.74, 6) is 0.00518. The van der Waals surface area contributed by atoms with Gasteiger partial charge in [-0.05, 0) is 29.8 Å². The van der Waals surface area contributed by atoms with Gasteiger partial charge in [0.15, 0.2) is 0 Å². The summed E-state index contributed by atoms with van der Waals surface area (Å²) in [6, 6.07) is 12.6. The highest BCUT2D eigenvalue weighted by molar-refractivity contribution is 7.89. The second kappa shape index (κ2) is 7.76. The van der Waals surface area contributed by atoms with E-state index in [9.17, 15) is 12.8 Å². The molecule has 0 saturated carbocycles. The van der Waals surface area contributed by atoms with E-state index in [4.69, 9.17) is 0 Å². The van der Waals surface area contributed by atoms with E-state index in [2.05, 4.69) is 14.7 Å². The fraction of sp³-hybridized carbons (Fsp3) is 0.200. The van der Waals surface area contributed by atoms with E-state index in [-0.39, 0.29) is 18.1 Å². The monoisotopic (exact) mass is 413 g/mol. The van der Waals surface area contributed by atoms with Crippen molar-refractivity contribution < 1.29 is 12.8 Å². The molecule has 0 saturated heterocycles. The lowest BCUT2D eigenvalue weighted by molar-refractivity contribution is 0.557. The topological polar surface area (TPSA) is 81.8 Å². The van der Waals surface area contributed by atoms with E-state index >= 15 is 0 Å². The summed E-state index contributed by atoms with van der Waals surface area (Å²) in [6.45, 7) is 0.256. The van der Waals surface area contributed by atoms with Gasteiger partial charge >= 0.3 is 0 Å². The Bertz CT molecular complexity index is 1230. The van der Waals surface area contributed by atoms with Gasteiger partial charge in [0, 0.05) is 26.0 Å². The van der Waals surface area contributed by atoms with E-state index in [0.29, 0.717) is 11.4 Å². The second-order valence-electron chi connectivity index (χ2n) is 6.74. The number of hydrogen-bond donors (Lipinski definition) is 1. The van der Waals surface area contributed by atoms with Gasteiger partial charge < -0.3 is 9.13 Å². The molecule has 0 aliphatic carbocycles. The number of nitrogens with one attached hydrogen (secondary N) is 1. The molecule has 1 atom stereocenters. The van der Waals surface area contributed by atoms with Crippen molar-refractivity contribution in [2.45, 2.75) is 12.6 Å². The number of fused-ring (bicyclic) bond motifs is 1. The number of rotatable bonds is 7. The summed E-state index contributed by atoms with van der Waals surface area (Å²) in [4.78, 5) is 8.56. The average Bonchev–Trinajstić information content (AvgIpc) is 3.31. The van der Waals surface area contributed by atoms with Crippen molar-refractivity contribution in [2.24, 2.45) is 7.05 Å². The molecule has 2 aromatic heterocycles. The second-order valence-corrected chi connectivity index (χ2v) is 8.62. The lowest BCUT2D eigenvalue weighted by atomic mass is 10.1. The molecule has 7 nitrogen and oxygen atoms in total. The van der Waals surface area contributed by atoms with Crippen LogP contribution < -0.4 is 4.72 Å². The fourth-order valence-corrected chi connectivity index (χ4v) is 4.38. The van der Waals surface area contributed by atoms with Crippen LogP contribution >= 0.6 is 0 Å². The van der Waals surface area contributed by atoms with Gasteiger partial charge in [0.2, 0.25) is 10.0 Å². The third kappa shape index (κ3) is 4.20. The van der Waals surface area contributed by atoms with Crippen LogP contribution in [0.15, 0.2) is 67.3 Å². The molecule has 0 fully saturated rings. The Morgan fingerprint density at radius 3 is 2.59 bits per heavy atom. The van der Waals surface area contributed by atoms with E-state index in [1.54, 1.807) is 42.5 Å². The molecule has 9 heteroatoms. The van der Waals surface area contributed by atoms with Gasteiger partial charge in [0.05, 0.1) is 23.1 Å². The minimum Gasteiger partial charge on any atom is -0.336 e. The van der Waals surface area contributed by atoms with Gasteiger partial charge in [0.1, 0.15) is 17.7 Å². The maximum absolute atomic E-state index is 13.3. The van der Waals surface area contributed by atoms with Crippen LogP contribution in [0.4, 0.5) is 4.39 Å². The van der Waals surface area contributed by atoms with Crippen LogP contribution in [0.1, 0.15) is 17.4 Å². The van der Waals surface area contributed by atoms with Crippen LogP contribution in [-0.4, -0.2) is 33.3 Å².